The molecule has 27 heavy (non-hydrogen) atoms. The van der Waals surface area contributed by atoms with Crippen LogP contribution in [0.1, 0.15) is 16.2 Å². The van der Waals surface area contributed by atoms with Crippen LogP contribution >= 0.6 is 12.2 Å². The maximum absolute atomic E-state index is 12.3. The number of nitrogens with one attached hydrogen (secondary N) is 2. The highest BCUT2D eigenvalue weighted by Gasteiger charge is 2.14. The van der Waals surface area contributed by atoms with Gasteiger partial charge in [0.15, 0.2) is 10.6 Å². The Balaban J connectivity index is 1.80. The third kappa shape index (κ3) is 3.85. The Bertz CT molecular complexity index is 1040. The molecule has 3 rings (SSSR count). The van der Waals surface area contributed by atoms with Gasteiger partial charge in [-0.2, -0.15) is 5.10 Å². The Kier molecular flexibility index (Phi) is 5.27. The second-order valence-corrected chi connectivity index (χ2v) is 5.83. The molecule has 0 aliphatic carbocycles. The highest BCUT2D eigenvalue weighted by molar-refractivity contribution is 7.71. The molecule has 1 heterocycles. The number of nitro benzene ring substituents is 1. The molecule has 0 spiro atoms. The van der Waals surface area contributed by atoms with Crippen LogP contribution in [0, 0.1) is 14.9 Å². The quantitative estimate of drug-likeness (QED) is 0.383. The minimum Gasteiger partial charge on any atom is -0.495 e. The molecule has 0 fully saturated rings. The molecule has 0 atom stereocenters. The van der Waals surface area contributed by atoms with Crippen LogP contribution in [0.3, 0.4) is 0 Å². The van der Waals surface area contributed by atoms with Gasteiger partial charge in [-0.15, -0.1) is 0 Å². The molecular formula is C17H15N5O4S. The second kappa shape index (κ2) is 7.79. The molecular weight excluding hydrogens is 370 g/mol. The van der Waals surface area contributed by atoms with Gasteiger partial charge in [-0.05, 0) is 36.5 Å². The number of aromatic nitrogens is 3. The number of nitrogens with zero attached hydrogens (tertiary/aromatic N) is 3. The summed E-state index contributed by atoms with van der Waals surface area (Å²) >= 11 is 5.29. The number of aromatic amines is 1. The molecule has 3 aromatic rings. The topological polar surface area (TPSA) is 115 Å². The third-order valence-corrected chi connectivity index (χ3v) is 4.09. The third-order valence-electron chi connectivity index (χ3n) is 3.82. The summed E-state index contributed by atoms with van der Waals surface area (Å²) < 4.78 is 7.38. The van der Waals surface area contributed by atoms with Gasteiger partial charge in [0.25, 0.3) is 11.6 Å². The SMILES string of the molecule is COc1ccccc1-n1c(CNC(=O)c2ccc([N+](=O)[O-])cc2)n[nH]c1=S. The van der Waals surface area contributed by atoms with Crippen molar-refractivity contribution in [3.63, 3.8) is 0 Å². The number of non-ortho nitro benzene ring substituents is 1. The van der Waals surface area contributed by atoms with Gasteiger partial charge >= 0.3 is 0 Å². The van der Waals surface area contributed by atoms with E-state index in [9.17, 15) is 14.9 Å². The lowest BCUT2D eigenvalue weighted by Crippen LogP contribution is -2.24. The van der Waals surface area contributed by atoms with Gasteiger partial charge in [-0.3, -0.25) is 24.6 Å². The van der Waals surface area contributed by atoms with Crippen molar-refractivity contribution in [2.75, 3.05) is 7.11 Å². The van der Waals surface area contributed by atoms with Crippen LogP contribution in [-0.4, -0.2) is 32.7 Å². The van der Waals surface area contributed by atoms with E-state index < -0.39 is 4.92 Å². The summed E-state index contributed by atoms with van der Waals surface area (Å²) in [7, 11) is 1.55. The van der Waals surface area contributed by atoms with Gasteiger partial charge < -0.3 is 10.1 Å². The summed E-state index contributed by atoms with van der Waals surface area (Å²) in [4.78, 5) is 22.5. The summed E-state index contributed by atoms with van der Waals surface area (Å²) in [5.74, 6) is 0.711. The maximum atomic E-state index is 12.3. The number of amides is 1. The summed E-state index contributed by atoms with van der Waals surface area (Å²) in [5.41, 5.74) is 0.917. The first-order chi connectivity index (χ1) is 13.0. The monoisotopic (exact) mass is 385 g/mol. The zero-order chi connectivity index (χ0) is 19.4. The van der Waals surface area contributed by atoms with E-state index in [4.69, 9.17) is 17.0 Å². The van der Waals surface area contributed by atoms with Crippen molar-refractivity contribution in [1.29, 1.82) is 0 Å². The number of H-pyrrole nitrogens is 1. The number of methoxy groups -OCH3 is 1. The zero-order valence-corrected chi connectivity index (χ0v) is 15.0. The van der Waals surface area contributed by atoms with Gasteiger partial charge in [0, 0.05) is 17.7 Å². The predicted octanol–water partition coefficient (Wildman–Crippen LogP) is 2.78. The van der Waals surface area contributed by atoms with Crippen LogP contribution in [0.5, 0.6) is 5.75 Å². The summed E-state index contributed by atoms with van der Waals surface area (Å²) in [6.07, 6.45) is 0. The Morgan fingerprint density at radius 3 is 2.67 bits per heavy atom. The molecule has 0 aliphatic heterocycles. The van der Waals surface area contributed by atoms with Crippen LogP contribution < -0.4 is 10.1 Å². The minimum absolute atomic E-state index is 0.0800. The molecule has 2 N–H and O–H groups in total. The molecule has 9 nitrogen and oxygen atoms in total. The Labute approximate surface area is 158 Å². The molecule has 0 radical (unpaired) electrons. The molecule has 10 heteroatoms. The highest BCUT2D eigenvalue weighted by Crippen LogP contribution is 2.23. The Morgan fingerprint density at radius 1 is 1.30 bits per heavy atom. The van der Waals surface area contributed by atoms with Gasteiger partial charge in [0.1, 0.15) is 5.75 Å². The lowest BCUT2D eigenvalue weighted by atomic mass is 10.2. The number of nitro groups is 1. The van der Waals surface area contributed by atoms with Crippen LogP contribution in [0.25, 0.3) is 5.69 Å². The standard InChI is InChI=1S/C17H15N5O4S/c1-26-14-5-3-2-4-13(14)21-15(19-20-17(21)27)10-18-16(23)11-6-8-12(9-7-11)22(24)25/h2-9H,10H2,1H3,(H,18,23)(H,20,27). The van der Waals surface area contributed by atoms with Crippen molar-refractivity contribution in [1.82, 2.24) is 20.1 Å². The van der Waals surface area contributed by atoms with Crippen molar-refractivity contribution in [3.05, 3.63) is 74.8 Å². The van der Waals surface area contributed by atoms with Crippen molar-refractivity contribution in [3.8, 4) is 11.4 Å². The van der Waals surface area contributed by atoms with E-state index in [1.165, 1.54) is 24.3 Å². The Morgan fingerprint density at radius 2 is 2.00 bits per heavy atom. The van der Waals surface area contributed by atoms with Crippen molar-refractivity contribution >= 4 is 23.8 Å². The van der Waals surface area contributed by atoms with Crippen LogP contribution in [-0.2, 0) is 6.54 Å². The number of rotatable bonds is 6. The van der Waals surface area contributed by atoms with E-state index in [0.717, 1.165) is 0 Å². The van der Waals surface area contributed by atoms with E-state index in [1.807, 2.05) is 18.2 Å². The lowest BCUT2D eigenvalue weighted by molar-refractivity contribution is -0.384. The van der Waals surface area contributed by atoms with Gasteiger partial charge in [0.05, 0.1) is 24.3 Å². The fourth-order valence-electron chi connectivity index (χ4n) is 2.51. The molecule has 0 bridgehead atoms. The molecule has 1 aromatic heterocycles. The zero-order valence-electron chi connectivity index (χ0n) is 14.2. The smallest absolute Gasteiger partial charge is 0.269 e. The maximum Gasteiger partial charge on any atom is 0.269 e. The molecule has 0 unspecified atom stereocenters. The molecule has 0 aliphatic rings. The van der Waals surface area contributed by atoms with Crippen molar-refractivity contribution < 1.29 is 14.5 Å². The molecule has 2 aromatic carbocycles. The molecule has 138 valence electrons. The van der Waals surface area contributed by atoms with E-state index in [2.05, 4.69) is 15.5 Å². The number of carbonyl (C=O) groups is 1. The fraction of sp³-hybridized carbons (Fsp3) is 0.118. The van der Waals surface area contributed by atoms with Crippen molar-refractivity contribution in [2.24, 2.45) is 0 Å². The van der Waals surface area contributed by atoms with Gasteiger partial charge in [-0.1, -0.05) is 12.1 Å². The van der Waals surface area contributed by atoms with E-state index >= 15 is 0 Å². The normalized spacial score (nSPS) is 10.4. The first kappa shape index (κ1) is 18.3. The second-order valence-electron chi connectivity index (χ2n) is 5.44. The average molecular weight is 385 g/mol. The number of hydrogen-bond donors (Lipinski definition) is 2. The summed E-state index contributed by atoms with van der Waals surface area (Å²) in [6.45, 7) is 0.0982. The first-order valence-corrected chi connectivity index (χ1v) is 8.24. The number of benzene rings is 2. The number of hydrogen-bond acceptors (Lipinski definition) is 6. The van der Waals surface area contributed by atoms with Crippen LogP contribution in [0.2, 0.25) is 0 Å². The molecule has 0 saturated carbocycles. The number of carbonyl (C=O) groups excluding carboxylic acids is 1. The average Bonchev–Trinajstić information content (AvgIpc) is 3.06. The molecule has 1 amide bonds. The molecule has 0 saturated heterocycles. The lowest BCUT2D eigenvalue weighted by Gasteiger charge is -2.11. The fourth-order valence-corrected chi connectivity index (χ4v) is 2.76. The van der Waals surface area contributed by atoms with Crippen LogP contribution in [0.4, 0.5) is 5.69 Å². The minimum atomic E-state index is -0.521. The Hall–Kier alpha value is -3.53. The first-order valence-electron chi connectivity index (χ1n) is 7.83. The summed E-state index contributed by atoms with van der Waals surface area (Å²) in [6, 6.07) is 12.6. The predicted molar refractivity (Wildman–Crippen MR) is 99.6 cm³/mol. The number of ether oxygens (including phenoxy) is 1. The van der Waals surface area contributed by atoms with E-state index in [-0.39, 0.29) is 18.1 Å². The number of para-hydroxylation sites is 2. The van der Waals surface area contributed by atoms with Gasteiger partial charge in [0.2, 0.25) is 0 Å². The van der Waals surface area contributed by atoms with Crippen LogP contribution in [0.15, 0.2) is 48.5 Å². The van der Waals surface area contributed by atoms with E-state index in [0.29, 0.717) is 27.6 Å². The largest absolute Gasteiger partial charge is 0.495 e. The summed E-state index contributed by atoms with van der Waals surface area (Å²) in [5, 5.41) is 20.3. The van der Waals surface area contributed by atoms with Crippen molar-refractivity contribution in [2.45, 2.75) is 6.54 Å². The van der Waals surface area contributed by atoms with Gasteiger partial charge in [-0.25, -0.2) is 0 Å². The van der Waals surface area contributed by atoms with E-state index in [1.54, 1.807) is 17.7 Å². The highest BCUT2D eigenvalue weighted by atomic mass is 32.1.